The Kier molecular flexibility index (Phi) is 3.62. The first-order valence-electron chi connectivity index (χ1n) is 4.97. The smallest absolute Gasteiger partial charge is 0.139 e. The van der Waals surface area contributed by atoms with E-state index in [2.05, 4.69) is 4.40 Å². The summed E-state index contributed by atoms with van der Waals surface area (Å²) in [4.78, 5) is 1.08. The lowest BCUT2D eigenvalue weighted by molar-refractivity contribution is 1.45. The number of nitrogens with two attached hydrogens (primary N) is 1. The molecule has 2 rings (SSSR count). The first-order valence-corrected chi connectivity index (χ1v) is 5.74. The summed E-state index contributed by atoms with van der Waals surface area (Å²) in [5, 5.41) is 0. The predicted octanol–water partition coefficient (Wildman–Crippen LogP) is 3.10. The summed E-state index contributed by atoms with van der Waals surface area (Å²) in [5.41, 5.74) is 6.82. The number of rotatable bonds is 3. The lowest BCUT2D eigenvalue weighted by Crippen LogP contribution is -2.11. The summed E-state index contributed by atoms with van der Waals surface area (Å²) in [6.07, 6.45) is 0. The van der Waals surface area contributed by atoms with E-state index in [0.29, 0.717) is 5.84 Å². The Hall–Kier alpha value is -1.74. The van der Waals surface area contributed by atoms with Crippen molar-refractivity contribution >= 4 is 17.8 Å². The molecule has 0 aliphatic carbocycles. The van der Waals surface area contributed by atoms with Crippen LogP contribution in [0.1, 0.15) is 5.56 Å². The normalized spacial score (nSPS) is 11.4. The summed E-state index contributed by atoms with van der Waals surface area (Å²) < 4.78 is 4.28. The Labute approximate surface area is 99.3 Å². The quantitative estimate of drug-likeness (QED) is 0.498. The van der Waals surface area contributed by atoms with E-state index in [1.807, 2.05) is 60.7 Å². The summed E-state index contributed by atoms with van der Waals surface area (Å²) in [6, 6.07) is 19.7. The van der Waals surface area contributed by atoms with E-state index in [4.69, 9.17) is 5.73 Å². The molecule has 2 aromatic carbocycles. The average Bonchev–Trinajstić information content (AvgIpc) is 2.38. The van der Waals surface area contributed by atoms with Crippen LogP contribution in [0.25, 0.3) is 0 Å². The van der Waals surface area contributed by atoms with Crippen molar-refractivity contribution in [2.75, 3.05) is 0 Å². The minimum atomic E-state index is 0.550. The van der Waals surface area contributed by atoms with Gasteiger partial charge in [-0.15, -0.1) is 0 Å². The van der Waals surface area contributed by atoms with Crippen LogP contribution in [0.3, 0.4) is 0 Å². The number of amidine groups is 1. The number of hydrogen-bond acceptors (Lipinski definition) is 2. The van der Waals surface area contributed by atoms with Gasteiger partial charge in [0, 0.05) is 22.4 Å². The van der Waals surface area contributed by atoms with E-state index in [1.54, 1.807) is 0 Å². The third kappa shape index (κ3) is 2.87. The minimum absolute atomic E-state index is 0.550. The first-order chi connectivity index (χ1) is 7.86. The van der Waals surface area contributed by atoms with Gasteiger partial charge in [-0.3, -0.25) is 0 Å². The maximum absolute atomic E-state index is 5.87. The Bertz CT molecular complexity index is 466. The van der Waals surface area contributed by atoms with Crippen molar-refractivity contribution < 1.29 is 0 Å². The molecule has 0 radical (unpaired) electrons. The van der Waals surface area contributed by atoms with Gasteiger partial charge in [0.25, 0.3) is 0 Å². The summed E-state index contributed by atoms with van der Waals surface area (Å²) in [5.74, 6) is 0.550. The van der Waals surface area contributed by atoms with E-state index in [0.717, 1.165) is 10.5 Å². The van der Waals surface area contributed by atoms with Crippen molar-refractivity contribution in [1.29, 1.82) is 0 Å². The van der Waals surface area contributed by atoms with Crippen molar-refractivity contribution in [3.63, 3.8) is 0 Å². The standard InChI is InChI=1S/C13H12N2S/c14-13(11-7-3-1-4-8-11)15-16-12-9-5-2-6-10-12/h1-10H,(H2,14,15). The van der Waals surface area contributed by atoms with E-state index >= 15 is 0 Å². The van der Waals surface area contributed by atoms with Crippen LogP contribution in [0, 0.1) is 0 Å². The molecule has 0 amide bonds. The molecule has 2 aromatic rings. The van der Waals surface area contributed by atoms with Gasteiger partial charge in [-0.05, 0) is 12.1 Å². The third-order valence-electron chi connectivity index (χ3n) is 2.06. The van der Waals surface area contributed by atoms with Gasteiger partial charge in [0.15, 0.2) is 0 Å². The molecule has 0 aromatic heterocycles. The van der Waals surface area contributed by atoms with Gasteiger partial charge < -0.3 is 5.73 Å². The number of hydrogen-bond donors (Lipinski definition) is 1. The van der Waals surface area contributed by atoms with Crippen LogP contribution in [-0.4, -0.2) is 5.84 Å². The predicted molar refractivity (Wildman–Crippen MR) is 69.5 cm³/mol. The maximum atomic E-state index is 5.87. The molecule has 0 spiro atoms. The van der Waals surface area contributed by atoms with Crippen molar-refractivity contribution in [2.45, 2.75) is 4.90 Å². The zero-order valence-corrected chi connectivity index (χ0v) is 9.52. The summed E-state index contributed by atoms with van der Waals surface area (Å²) in [7, 11) is 0. The zero-order chi connectivity index (χ0) is 11.2. The minimum Gasteiger partial charge on any atom is -0.383 e. The largest absolute Gasteiger partial charge is 0.383 e. The molecule has 0 fully saturated rings. The third-order valence-corrected chi connectivity index (χ3v) is 2.83. The zero-order valence-electron chi connectivity index (χ0n) is 8.71. The van der Waals surface area contributed by atoms with Gasteiger partial charge in [-0.25, -0.2) is 0 Å². The summed E-state index contributed by atoms with van der Waals surface area (Å²) >= 11 is 1.39. The molecular formula is C13H12N2S. The molecule has 16 heavy (non-hydrogen) atoms. The topological polar surface area (TPSA) is 38.4 Å². The van der Waals surface area contributed by atoms with E-state index in [9.17, 15) is 0 Å². The van der Waals surface area contributed by atoms with Crippen LogP contribution < -0.4 is 5.73 Å². The average molecular weight is 228 g/mol. The molecule has 0 aliphatic rings. The highest BCUT2D eigenvalue weighted by Crippen LogP contribution is 2.18. The van der Waals surface area contributed by atoms with Crippen LogP contribution in [0.2, 0.25) is 0 Å². The molecule has 0 saturated carbocycles. The molecule has 2 N–H and O–H groups in total. The molecule has 2 nitrogen and oxygen atoms in total. The first kappa shape index (κ1) is 10.8. The Morgan fingerprint density at radius 2 is 1.44 bits per heavy atom. The van der Waals surface area contributed by atoms with Gasteiger partial charge >= 0.3 is 0 Å². The highest BCUT2D eigenvalue weighted by molar-refractivity contribution is 7.98. The Morgan fingerprint density at radius 3 is 2.06 bits per heavy atom. The molecule has 80 valence electrons. The van der Waals surface area contributed by atoms with Gasteiger partial charge in [-0.2, -0.15) is 4.40 Å². The van der Waals surface area contributed by atoms with Crippen LogP contribution in [0.15, 0.2) is 70.0 Å². The monoisotopic (exact) mass is 228 g/mol. The molecule has 0 bridgehead atoms. The van der Waals surface area contributed by atoms with E-state index < -0.39 is 0 Å². The van der Waals surface area contributed by atoms with Gasteiger partial charge in [-0.1, -0.05) is 48.5 Å². The van der Waals surface area contributed by atoms with Crippen molar-refractivity contribution in [3.05, 3.63) is 66.2 Å². The Morgan fingerprint density at radius 1 is 0.875 bits per heavy atom. The number of nitrogens with zero attached hydrogens (tertiary/aromatic N) is 1. The van der Waals surface area contributed by atoms with Crippen LogP contribution >= 0.6 is 11.9 Å². The van der Waals surface area contributed by atoms with Crippen molar-refractivity contribution in [1.82, 2.24) is 0 Å². The van der Waals surface area contributed by atoms with Crippen molar-refractivity contribution in [3.8, 4) is 0 Å². The lowest BCUT2D eigenvalue weighted by atomic mass is 10.2. The lowest BCUT2D eigenvalue weighted by Gasteiger charge is -1.99. The second-order valence-electron chi connectivity index (χ2n) is 3.25. The molecule has 0 saturated heterocycles. The highest BCUT2D eigenvalue weighted by atomic mass is 32.2. The SMILES string of the molecule is N/C(=N/Sc1ccccc1)c1ccccc1. The van der Waals surface area contributed by atoms with Crippen LogP contribution in [-0.2, 0) is 0 Å². The highest BCUT2D eigenvalue weighted by Gasteiger charge is 1.96. The second-order valence-corrected chi connectivity index (χ2v) is 4.08. The molecule has 0 atom stereocenters. The van der Waals surface area contributed by atoms with Crippen molar-refractivity contribution in [2.24, 2.45) is 10.1 Å². The fourth-order valence-corrected chi connectivity index (χ4v) is 1.83. The van der Waals surface area contributed by atoms with Crippen LogP contribution in [0.4, 0.5) is 0 Å². The molecule has 3 heteroatoms. The number of benzene rings is 2. The molecule has 0 aliphatic heterocycles. The molecule has 0 heterocycles. The fourth-order valence-electron chi connectivity index (χ4n) is 1.24. The second kappa shape index (κ2) is 5.37. The molecular weight excluding hydrogens is 216 g/mol. The summed E-state index contributed by atoms with van der Waals surface area (Å²) in [6.45, 7) is 0. The van der Waals surface area contributed by atoms with Crippen LogP contribution in [0.5, 0.6) is 0 Å². The van der Waals surface area contributed by atoms with E-state index in [1.165, 1.54) is 11.9 Å². The van der Waals surface area contributed by atoms with Gasteiger partial charge in [0.1, 0.15) is 5.84 Å². The van der Waals surface area contributed by atoms with Gasteiger partial charge in [0.05, 0.1) is 0 Å². The maximum Gasteiger partial charge on any atom is 0.139 e. The molecule has 0 unspecified atom stereocenters. The Balaban J connectivity index is 2.09. The van der Waals surface area contributed by atoms with E-state index in [-0.39, 0.29) is 0 Å². The van der Waals surface area contributed by atoms with Gasteiger partial charge in [0.2, 0.25) is 0 Å². The fraction of sp³-hybridized carbons (Fsp3) is 0.